The molecule has 7 nitrogen and oxygen atoms in total. The van der Waals surface area contributed by atoms with Gasteiger partial charge in [-0.25, -0.2) is 9.50 Å². The van der Waals surface area contributed by atoms with Gasteiger partial charge in [-0.1, -0.05) is 11.6 Å². The van der Waals surface area contributed by atoms with Gasteiger partial charge in [-0.2, -0.15) is 10.1 Å². The first-order valence-electron chi connectivity index (χ1n) is 7.94. The molecule has 7 heteroatoms. The molecule has 0 aliphatic heterocycles. The minimum Gasteiger partial charge on any atom is -0.496 e. The highest BCUT2D eigenvalue weighted by molar-refractivity contribution is 5.73. The average molecular weight is 340 g/mol. The molecule has 0 saturated carbocycles. The van der Waals surface area contributed by atoms with Crippen LogP contribution in [0.4, 0.5) is 0 Å². The molecule has 1 aromatic carbocycles. The Balaban J connectivity index is 1.74. The molecule has 0 unspecified atom stereocenters. The van der Waals surface area contributed by atoms with Gasteiger partial charge in [0, 0.05) is 22.5 Å². The second kappa shape index (κ2) is 6.88. The number of benzene rings is 1. The Labute approximate surface area is 145 Å². The summed E-state index contributed by atoms with van der Waals surface area (Å²) < 4.78 is 12.4. The molecule has 130 valence electrons. The molecule has 3 aromatic rings. The third kappa shape index (κ3) is 3.45. The Hall–Kier alpha value is -2.96. The number of esters is 1. The Morgan fingerprint density at radius 1 is 1.24 bits per heavy atom. The molecule has 0 aliphatic carbocycles. The molecule has 0 spiro atoms. The number of hydrogen-bond donors (Lipinski definition) is 0. The van der Waals surface area contributed by atoms with Gasteiger partial charge in [0.15, 0.2) is 0 Å². The SMILES string of the molecule is COc1ccc(C)cc1COC(=O)Cc1c(C)nc2ncnn2c1C. The number of hydrogen-bond acceptors (Lipinski definition) is 6. The van der Waals surface area contributed by atoms with Gasteiger partial charge in [0.25, 0.3) is 5.78 Å². The summed E-state index contributed by atoms with van der Waals surface area (Å²) in [7, 11) is 1.60. The van der Waals surface area contributed by atoms with E-state index in [0.717, 1.165) is 28.1 Å². The van der Waals surface area contributed by atoms with Crippen molar-refractivity contribution in [1.82, 2.24) is 19.6 Å². The van der Waals surface area contributed by atoms with E-state index in [2.05, 4.69) is 15.1 Å². The molecular weight excluding hydrogens is 320 g/mol. The molecule has 0 fully saturated rings. The number of carbonyl (C=O) groups excluding carboxylic acids is 1. The lowest BCUT2D eigenvalue weighted by Gasteiger charge is -2.12. The van der Waals surface area contributed by atoms with E-state index < -0.39 is 0 Å². The van der Waals surface area contributed by atoms with E-state index in [0.29, 0.717) is 11.5 Å². The van der Waals surface area contributed by atoms with Crippen LogP contribution in [0.2, 0.25) is 0 Å². The van der Waals surface area contributed by atoms with E-state index >= 15 is 0 Å². The molecule has 0 N–H and O–H groups in total. The standard InChI is InChI=1S/C18H20N4O3/c1-11-5-6-16(24-4)14(7-11)9-25-17(23)8-15-12(2)21-18-19-10-20-22(18)13(15)3/h5-7,10H,8-9H2,1-4H3. The van der Waals surface area contributed by atoms with Crippen molar-refractivity contribution in [3.8, 4) is 5.75 Å². The number of methoxy groups -OCH3 is 1. The molecule has 0 bridgehead atoms. The fourth-order valence-electron chi connectivity index (χ4n) is 2.78. The average Bonchev–Trinajstić information content (AvgIpc) is 3.05. The first-order valence-corrected chi connectivity index (χ1v) is 7.94. The largest absolute Gasteiger partial charge is 0.496 e. The van der Waals surface area contributed by atoms with Crippen LogP contribution in [-0.2, 0) is 22.6 Å². The Morgan fingerprint density at radius 2 is 2.04 bits per heavy atom. The van der Waals surface area contributed by atoms with E-state index in [1.54, 1.807) is 11.6 Å². The fourth-order valence-corrected chi connectivity index (χ4v) is 2.78. The Kier molecular flexibility index (Phi) is 4.65. The molecule has 0 amide bonds. The number of aromatic nitrogens is 4. The summed E-state index contributed by atoms with van der Waals surface area (Å²) in [6, 6.07) is 5.77. The zero-order chi connectivity index (χ0) is 18.0. The van der Waals surface area contributed by atoms with Crippen molar-refractivity contribution < 1.29 is 14.3 Å². The van der Waals surface area contributed by atoms with Crippen LogP contribution in [0, 0.1) is 20.8 Å². The van der Waals surface area contributed by atoms with Crippen LogP contribution >= 0.6 is 0 Å². The molecule has 0 atom stereocenters. The fraction of sp³-hybridized carbons (Fsp3) is 0.333. The van der Waals surface area contributed by atoms with Crippen molar-refractivity contribution in [1.29, 1.82) is 0 Å². The van der Waals surface area contributed by atoms with Gasteiger partial charge in [-0.05, 0) is 32.9 Å². The number of aryl methyl sites for hydroxylation is 3. The van der Waals surface area contributed by atoms with Gasteiger partial charge in [0.05, 0.1) is 13.5 Å². The normalized spacial score (nSPS) is 10.9. The van der Waals surface area contributed by atoms with Crippen LogP contribution < -0.4 is 4.74 Å². The van der Waals surface area contributed by atoms with Crippen LogP contribution in [-0.4, -0.2) is 32.7 Å². The summed E-state index contributed by atoms with van der Waals surface area (Å²) in [6.07, 6.45) is 1.58. The maximum absolute atomic E-state index is 12.3. The molecule has 2 heterocycles. The second-order valence-corrected chi connectivity index (χ2v) is 5.89. The predicted molar refractivity (Wildman–Crippen MR) is 91.5 cm³/mol. The number of nitrogens with zero attached hydrogens (tertiary/aromatic N) is 4. The van der Waals surface area contributed by atoms with Crippen LogP contribution in [0.15, 0.2) is 24.5 Å². The lowest BCUT2D eigenvalue weighted by molar-refractivity contribution is -0.144. The van der Waals surface area contributed by atoms with Crippen molar-refractivity contribution in [2.75, 3.05) is 7.11 Å². The lowest BCUT2D eigenvalue weighted by atomic mass is 10.1. The monoisotopic (exact) mass is 340 g/mol. The van der Waals surface area contributed by atoms with Gasteiger partial charge in [0.2, 0.25) is 0 Å². The Bertz CT molecular complexity index is 933. The molecule has 0 saturated heterocycles. The minimum absolute atomic E-state index is 0.134. The lowest BCUT2D eigenvalue weighted by Crippen LogP contribution is -2.13. The maximum atomic E-state index is 12.3. The Morgan fingerprint density at radius 3 is 2.80 bits per heavy atom. The summed E-state index contributed by atoms with van der Waals surface area (Å²) in [6.45, 7) is 5.90. The first kappa shape index (κ1) is 16.9. The smallest absolute Gasteiger partial charge is 0.310 e. The summed E-state index contributed by atoms with van der Waals surface area (Å²) in [5, 5.41) is 4.13. The zero-order valence-corrected chi connectivity index (χ0v) is 14.7. The number of carbonyl (C=O) groups is 1. The summed E-state index contributed by atoms with van der Waals surface area (Å²) in [4.78, 5) is 20.8. The maximum Gasteiger partial charge on any atom is 0.310 e. The molecule has 0 aliphatic rings. The summed E-state index contributed by atoms with van der Waals surface area (Å²) >= 11 is 0. The summed E-state index contributed by atoms with van der Waals surface area (Å²) in [5.41, 5.74) is 4.32. The first-order chi connectivity index (χ1) is 12.0. The predicted octanol–water partition coefficient (Wildman–Crippen LogP) is 2.34. The second-order valence-electron chi connectivity index (χ2n) is 5.89. The minimum atomic E-state index is -0.323. The van der Waals surface area contributed by atoms with Crippen molar-refractivity contribution >= 4 is 11.7 Å². The third-order valence-electron chi connectivity index (χ3n) is 4.13. The highest BCUT2D eigenvalue weighted by Crippen LogP contribution is 2.21. The van der Waals surface area contributed by atoms with E-state index in [-0.39, 0.29) is 19.0 Å². The summed E-state index contributed by atoms with van der Waals surface area (Å²) in [5.74, 6) is 0.907. The molecule has 3 rings (SSSR count). The van der Waals surface area contributed by atoms with Crippen LogP contribution in [0.5, 0.6) is 5.75 Å². The van der Waals surface area contributed by atoms with Gasteiger partial charge < -0.3 is 9.47 Å². The molecular formula is C18H20N4O3. The highest BCUT2D eigenvalue weighted by atomic mass is 16.5. The number of rotatable bonds is 5. The van der Waals surface area contributed by atoms with Crippen molar-refractivity contribution in [2.24, 2.45) is 0 Å². The molecule has 2 aromatic heterocycles. The van der Waals surface area contributed by atoms with Crippen LogP contribution in [0.25, 0.3) is 5.78 Å². The molecule has 0 radical (unpaired) electrons. The van der Waals surface area contributed by atoms with Gasteiger partial charge in [-0.15, -0.1) is 0 Å². The van der Waals surface area contributed by atoms with Crippen LogP contribution in [0.1, 0.15) is 28.1 Å². The van der Waals surface area contributed by atoms with Crippen molar-refractivity contribution in [3.05, 3.63) is 52.6 Å². The number of fused-ring (bicyclic) bond motifs is 1. The van der Waals surface area contributed by atoms with Crippen molar-refractivity contribution in [2.45, 2.75) is 33.8 Å². The zero-order valence-electron chi connectivity index (χ0n) is 14.7. The van der Waals surface area contributed by atoms with E-state index in [1.165, 1.54) is 6.33 Å². The van der Waals surface area contributed by atoms with Crippen LogP contribution in [0.3, 0.4) is 0 Å². The van der Waals surface area contributed by atoms with Gasteiger partial charge in [-0.3, -0.25) is 4.79 Å². The topological polar surface area (TPSA) is 78.6 Å². The quantitative estimate of drug-likeness (QED) is 0.663. The van der Waals surface area contributed by atoms with E-state index in [9.17, 15) is 4.79 Å². The number of ether oxygens (including phenoxy) is 2. The van der Waals surface area contributed by atoms with E-state index in [4.69, 9.17) is 9.47 Å². The third-order valence-corrected chi connectivity index (χ3v) is 4.13. The van der Waals surface area contributed by atoms with Gasteiger partial charge in [0.1, 0.15) is 18.7 Å². The van der Waals surface area contributed by atoms with Gasteiger partial charge >= 0.3 is 5.97 Å². The van der Waals surface area contributed by atoms with Crippen molar-refractivity contribution in [3.63, 3.8) is 0 Å². The van der Waals surface area contributed by atoms with E-state index in [1.807, 2.05) is 39.0 Å². The molecule has 25 heavy (non-hydrogen) atoms. The highest BCUT2D eigenvalue weighted by Gasteiger charge is 2.16.